The molecule has 1 saturated heterocycles. The summed E-state index contributed by atoms with van der Waals surface area (Å²) in [5.41, 5.74) is 2.13. The van der Waals surface area contributed by atoms with E-state index < -0.39 is 0 Å². The summed E-state index contributed by atoms with van der Waals surface area (Å²) in [6, 6.07) is 14.1. The van der Waals surface area contributed by atoms with E-state index in [1.54, 1.807) is 12.1 Å². The first-order valence-electron chi connectivity index (χ1n) is 9.24. The summed E-state index contributed by atoms with van der Waals surface area (Å²) in [7, 11) is 0. The first kappa shape index (κ1) is 17.5. The Morgan fingerprint density at radius 3 is 2.48 bits per heavy atom. The number of nitrogens with zero attached hydrogens (tertiary/aromatic N) is 3. The molecule has 27 heavy (non-hydrogen) atoms. The van der Waals surface area contributed by atoms with Crippen LogP contribution in [0.3, 0.4) is 0 Å². The molecule has 0 N–H and O–H groups in total. The van der Waals surface area contributed by atoms with Gasteiger partial charge in [-0.3, -0.25) is 0 Å². The fourth-order valence-corrected chi connectivity index (χ4v) is 3.19. The van der Waals surface area contributed by atoms with Crippen LogP contribution in [0.4, 0.5) is 10.1 Å². The quantitative estimate of drug-likeness (QED) is 0.655. The second-order valence-corrected chi connectivity index (χ2v) is 6.97. The van der Waals surface area contributed by atoms with Crippen molar-refractivity contribution in [3.8, 4) is 17.1 Å². The van der Waals surface area contributed by atoms with Gasteiger partial charge in [0.05, 0.1) is 0 Å². The average Bonchev–Trinajstić information content (AvgIpc) is 3.17. The van der Waals surface area contributed by atoms with Gasteiger partial charge < -0.3 is 14.2 Å². The number of hydrogen-bond donors (Lipinski definition) is 0. The molecule has 1 aromatic heterocycles. The van der Waals surface area contributed by atoms with Crippen LogP contribution in [-0.2, 0) is 6.61 Å². The Kier molecular flexibility index (Phi) is 5.05. The Morgan fingerprint density at radius 2 is 1.78 bits per heavy atom. The highest BCUT2D eigenvalue weighted by atomic mass is 19.1. The summed E-state index contributed by atoms with van der Waals surface area (Å²) >= 11 is 0. The van der Waals surface area contributed by atoms with E-state index in [9.17, 15) is 4.39 Å². The van der Waals surface area contributed by atoms with E-state index in [0.717, 1.165) is 24.6 Å². The van der Waals surface area contributed by atoms with Crippen LogP contribution in [0, 0.1) is 11.7 Å². The van der Waals surface area contributed by atoms with Gasteiger partial charge in [-0.1, -0.05) is 12.1 Å². The van der Waals surface area contributed by atoms with Crippen LogP contribution in [0.1, 0.15) is 25.7 Å². The zero-order chi connectivity index (χ0) is 18.6. The van der Waals surface area contributed by atoms with Crippen LogP contribution in [0.2, 0.25) is 0 Å². The van der Waals surface area contributed by atoms with Gasteiger partial charge in [-0.15, -0.1) is 0 Å². The van der Waals surface area contributed by atoms with Crippen LogP contribution >= 0.6 is 0 Å². The van der Waals surface area contributed by atoms with Gasteiger partial charge in [0.15, 0.2) is 6.61 Å². The fourth-order valence-electron chi connectivity index (χ4n) is 3.19. The number of halogens is 1. The molecule has 0 unspecified atom stereocenters. The van der Waals surface area contributed by atoms with Gasteiger partial charge in [0, 0.05) is 24.3 Å². The Hall–Kier alpha value is -2.89. The number of rotatable bonds is 5. The molecule has 140 valence electrons. The lowest BCUT2D eigenvalue weighted by Crippen LogP contribution is -2.32. The topological polar surface area (TPSA) is 51.4 Å². The van der Waals surface area contributed by atoms with Crippen molar-refractivity contribution in [3.05, 3.63) is 60.2 Å². The third kappa shape index (κ3) is 4.27. The van der Waals surface area contributed by atoms with Crippen LogP contribution in [0.25, 0.3) is 11.4 Å². The number of benzene rings is 2. The summed E-state index contributed by atoms with van der Waals surface area (Å²) in [5, 5.41) is 4.03. The van der Waals surface area contributed by atoms with Gasteiger partial charge >= 0.3 is 0 Å². The molecule has 3 aromatic rings. The number of hydrogen-bond acceptors (Lipinski definition) is 5. The van der Waals surface area contributed by atoms with E-state index in [-0.39, 0.29) is 12.4 Å². The monoisotopic (exact) mass is 367 g/mol. The van der Waals surface area contributed by atoms with Crippen molar-refractivity contribution in [2.75, 3.05) is 18.0 Å². The van der Waals surface area contributed by atoms with Crippen LogP contribution < -0.4 is 9.64 Å². The van der Waals surface area contributed by atoms with E-state index in [0.29, 0.717) is 17.5 Å². The molecule has 5 nitrogen and oxygen atoms in total. The molecule has 0 bridgehead atoms. The summed E-state index contributed by atoms with van der Waals surface area (Å²) < 4.78 is 23.7. The maximum absolute atomic E-state index is 12.9. The lowest BCUT2D eigenvalue weighted by molar-refractivity contribution is 0.242. The second kappa shape index (κ2) is 7.78. The summed E-state index contributed by atoms with van der Waals surface area (Å²) in [5.74, 6) is 1.98. The minimum absolute atomic E-state index is 0.142. The van der Waals surface area contributed by atoms with Gasteiger partial charge in [0.2, 0.25) is 5.82 Å². The van der Waals surface area contributed by atoms with Crippen LogP contribution in [0.5, 0.6) is 5.75 Å². The zero-order valence-corrected chi connectivity index (χ0v) is 15.3. The molecule has 1 fully saturated rings. The smallest absolute Gasteiger partial charge is 0.264 e. The van der Waals surface area contributed by atoms with Crippen molar-refractivity contribution >= 4 is 5.69 Å². The van der Waals surface area contributed by atoms with Crippen molar-refractivity contribution in [1.82, 2.24) is 10.1 Å². The van der Waals surface area contributed by atoms with E-state index in [1.165, 1.54) is 30.7 Å². The van der Waals surface area contributed by atoms with E-state index in [1.807, 2.05) is 12.1 Å². The molecule has 6 heteroatoms. The summed E-state index contributed by atoms with van der Waals surface area (Å²) in [6.45, 7) is 4.66. The molecular weight excluding hydrogens is 345 g/mol. The van der Waals surface area contributed by atoms with Crippen molar-refractivity contribution in [2.24, 2.45) is 5.92 Å². The predicted octanol–water partition coefficient (Wildman–Crippen LogP) is 4.69. The lowest BCUT2D eigenvalue weighted by atomic mass is 9.98. The molecule has 1 aliphatic heterocycles. The highest BCUT2D eigenvalue weighted by Crippen LogP contribution is 2.25. The van der Waals surface area contributed by atoms with Gasteiger partial charge in [-0.05, 0) is 67.3 Å². The average molecular weight is 367 g/mol. The van der Waals surface area contributed by atoms with E-state index >= 15 is 0 Å². The predicted molar refractivity (Wildman–Crippen MR) is 101 cm³/mol. The first-order valence-corrected chi connectivity index (χ1v) is 9.24. The Morgan fingerprint density at radius 1 is 1.07 bits per heavy atom. The van der Waals surface area contributed by atoms with Gasteiger partial charge in [-0.25, -0.2) is 4.39 Å². The molecule has 0 radical (unpaired) electrons. The lowest BCUT2D eigenvalue weighted by Gasteiger charge is -2.32. The molecule has 0 spiro atoms. The third-order valence-electron chi connectivity index (χ3n) is 4.92. The van der Waals surface area contributed by atoms with Crippen LogP contribution in [0.15, 0.2) is 53.1 Å². The highest BCUT2D eigenvalue weighted by molar-refractivity contribution is 5.60. The highest BCUT2D eigenvalue weighted by Gasteiger charge is 2.16. The molecule has 0 aliphatic carbocycles. The molecule has 0 amide bonds. The molecule has 4 rings (SSSR count). The number of aromatic nitrogens is 2. The SMILES string of the molecule is CC1CCN(c2ccc(-c3noc(COc4ccc(F)cc4)n3)cc2)CC1. The molecule has 2 heterocycles. The third-order valence-corrected chi connectivity index (χ3v) is 4.92. The number of anilines is 1. The van der Waals surface area contributed by atoms with Gasteiger partial charge in [0.25, 0.3) is 5.89 Å². The first-order chi connectivity index (χ1) is 13.2. The Bertz CT molecular complexity index is 869. The molecule has 0 saturated carbocycles. The summed E-state index contributed by atoms with van der Waals surface area (Å²) in [4.78, 5) is 6.79. The minimum Gasteiger partial charge on any atom is -0.484 e. The normalized spacial score (nSPS) is 15.1. The second-order valence-electron chi connectivity index (χ2n) is 6.97. The maximum atomic E-state index is 12.9. The largest absolute Gasteiger partial charge is 0.484 e. The van der Waals surface area contributed by atoms with Gasteiger partial charge in [-0.2, -0.15) is 4.98 Å². The standard InChI is InChI=1S/C21H22FN3O2/c1-15-10-12-25(13-11-15)18-6-2-16(3-7-18)21-23-20(27-24-21)14-26-19-8-4-17(22)5-9-19/h2-9,15H,10-14H2,1H3. The number of ether oxygens (including phenoxy) is 1. The number of piperidine rings is 1. The Balaban J connectivity index is 1.38. The molecule has 2 aromatic carbocycles. The zero-order valence-electron chi connectivity index (χ0n) is 15.3. The van der Waals surface area contributed by atoms with Crippen molar-refractivity contribution in [1.29, 1.82) is 0 Å². The molecule has 1 aliphatic rings. The molecule has 0 atom stereocenters. The van der Waals surface area contributed by atoms with Crippen molar-refractivity contribution < 1.29 is 13.7 Å². The van der Waals surface area contributed by atoms with Crippen molar-refractivity contribution in [2.45, 2.75) is 26.4 Å². The van der Waals surface area contributed by atoms with E-state index in [2.05, 4.69) is 34.1 Å². The Labute approximate surface area is 157 Å². The minimum atomic E-state index is -0.301. The van der Waals surface area contributed by atoms with Crippen molar-refractivity contribution in [3.63, 3.8) is 0 Å². The summed E-state index contributed by atoms with van der Waals surface area (Å²) in [6.07, 6.45) is 2.48. The maximum Gasteiger partial charge on any atom is 0.264 e. The van der Waals surface area contributed by atoms with Gasteiger partial charge in [0.1, 0.15) is 11.6 Å². The van der Waals surface area contributed by atoms with Crippen LogP contribution in [-0.4, -0.2) is 23.2 Å². The fraction of sp³-hybridized carbons (Fsp3) is 0.333. The van der Waals surface area contributed by atoms with E-state index in [4.69, 9.17) is 9.26 Å². The molecular formula is C21H22FN3O2.